The highest BCUT2D eigenvalue weighted by atomic mass is 32.1. The molecule has 2 rings (SSSR count). The van der Waals surface area contributed by atoms with Gasteiger partial charge < -0.3 is 15.4 Å². The molecule has 0 amide bonds. The van der Waals surface area contributed by atoms with Crippen molar-refractivity contribution in [2.24, 2.45) is 4.99 Å². The molecule has 142 valence electrons. The topological polar surface area (TPSA) is 58.5 Å². The Bertz CT molecular complexity index is 717. The zero-order chi connectivity index (χ0) is 18.9. The highest BCUT2D eigenvalue weighted by Crippen LogP contribution is 2.18. The van der Waals surface area contributed by atoms with Crippen LogP contribution in [0.4, 0.5) is 4.39 Å². The standard InChI is InChI=1S/C19H27FN4OS/c1-5-21-19(23-11-18-24-16(12-26-18)13(2)3)22-10-14(4)25-17-9-7-6-8-15(17)20/h6-9,12-14H,5,10-11H2,1-4H3,(H2,21,22,23). The van der Waals surface area contributed by atoms with Crippen LogP contribution in [0.15, 0.2) is 34.6 Å². The van der Waals surface area contributed by atoms with E-state index in [1.54, 1.807) is 29.5 Å². The number of ether oxygens (including phenoxy) is 1. The summed E-state index contributed by atoms with van der Waals surface area (Å²) in [6.07, 6.45) is -0.205. The van der Waals surface area contributed by atoms with E-state index in [0.29, 0.717) is 25.0 Å². The Morgan fingerprint density at radius 2 is 2.04 bits per heavy atom. The molecular weight excluding hydrogens is 351 g/mol. The van der Waals surface area contributed by atoms with Crippen LogP contribution in [0.2, 0.25) is 0 Å². The van der Waals surface area contributed by atoms with Gasteiger partial charge in [-0.2, -0.15) is 0 Å². The van der Waals surface area contributed by atoms with Crippen molar-refractivity contribution in [1.82, 2.24) is 15.6 Å². The van der Waals surface area contributed by atoms with Gasteiger partial charge in [0.2, 0.25) is 0 Å². The van der Waals surface area contributed by atoms with Crippen LogP contribution < -0.4 is 15.4 Å². The molecule has 0 aliphatic rings. The van der Waals surface area contributed by atoms with Crippen LogP contribution in [-0.4, -0.2) is 30.1 Å². The first-order chi connectivity index (χ1) is 12.5. The average molecular weight is 379 g/mol. The molecule has 0 aliphatic carbocycles. The van der Waals surface area contributed by atoms with Gasteiger partial charge in [0.1, 0.15) is 11.1 Å². The summed E-state index contributed by atoms with van der Waals surface area (Å²) in [5.41, 5.74) is 1.10. The first-order valence-corrected chi connectivity index (χ1v) is 9.75. The largest absolute Gasteiger partial charge is 0.486 e. The molecule has 1 aromatic carbocycles. The number of hydrogen-bond acceptors (Lipinski definition) is 4. The summed E-state index contributed by atoms with van der Waals surface area (Å²) in [6.45, 7) is 9.94. The lowest BCUT2D eigenvalue weighted by Gasteiger charge is -2.17. The summed E-state index contributed by atoms with van der Waals surface area (Å²) in [5.74, 6) is 1.02. The second kappa shape index (κ2) is 10.1. The van der Waals surface area contributed by atoms with Crippen molar-refractivity contribution in [3.05, 3.63) is 46.2 Å². The Morgan fingerprint density at radius 3 is 2.69 bits per heavy atom. The zero-order valence-electron chi connectivity index (χ0n) is 15.8. The molecule has 2 N–H and O–H groups in total. The van der Waals surface area contributed by atoms with Gasteiger partial charge in [0, 0.05) is 11.9 Å². The summed E-state index contributed by atoms with van der Waals surface area (Å²) in [7, 11) is 0. The SMILES string of the molecule is CCNC(=NCc1nc(C(C)C)cs1)NCC(C)Oc1ccccc1F. The average Bonchev–Trinajstić information content (AvgIpc) is 3.09. The number of thiazole rings is 1. The van der Waals surface area contributed by atoms with Crippen molar-refractivity contribution in [2.75, 3.05) is 13.1 Å². The van der Waals surface area contributed by atoms with Gasteiger partial charge in [-0.05, 0) is 31.9 Å². The van der Waals surface area contributed by atoms with Gasteiger partial charge in [-0.1, -0.05) is 26.0 Å². The summed E-state index contributed by atoms with van der Waals surface area (Å²) in [6, 6.07) is 6.41. The summed E-state index contributed by atoms with van der Waals surface area (Å²) < 4.78 is 19.3. The molecule has 0 aliphatic heterocycles. The van der Waals surface area contributed by atoms with Crippen LogP contribution in [0.1, 0.15) is 44.3 Å². The maximum atomic E-state index is 13.6. The molecule has 26 heavy (non-hydrogen) atoms. The molecular formula is C19H27FN4OS. The number of nitrogens with zero attached hydrogens (tertiary/aromatic N) is 2. The van der Waals surface area contributed by atoms with Gasteiger partial charge in [-0.25, -0.2) is 14.4 Å². The summed E-state index contributed by atoms with van der Waals surface area (Å²) in [4.78, 5) is 9.16. The van der Waals surface area contributed by atoms with E-state index in [1.165, 1.54) is 6.07 Å². The van der Waals surface area contributed by atoms with Crippen molar-refractivity contribution in [2.45, 2.75) is 46.3 Å². The van der Waals surface area contributed by atoms with Gasteiger partial charge >= 0.3 is 0 Å². The quantitative estimate of drug-likeness (QED) is 0.540. The Kier molecular flexibility index (Phi) is 7.84. The van der Waals surface area contributed by atoms with Crippen LogP contribution in [-0.2, 0) is 6.54 Å². The minimum absolute atomic E-state index is 0.205. The van der Waals surface area contributed by atoms with Crippen LogP contribution in [0.5, 0.6) is 5.75 Å². The molecule has 0 bridgehead atoms. The third-order valence-corrected chi connectivity index (χ3v) is 4.45. The first-order valence-electron chi connectivity index (χ1n) is 8.87. The fraction of sp³-hybridized carbons (Fsp3) is 0.474. The maximum Gasteiger partial charge on any atom is 0.191 e. The molecule has 1 heterocycles. The van der Waals surface area contributed by atoms with Gasteiger partial charge in [0.25, 0.3) is 0 Å². The van der Waals surface area contributed by atoms with Crippen LogP contribution >= 0.6 is 11.3 Å². The van der Waals surface area contributed by atoms with Crippen LogP contribution in [0, 0.1) is 5.82 Å². The van der Waals surface area contributed by atoms with Gasteiger partial charge in [0.15, 0.2) is 17.5 Å². The molecule has 0 saturated carbocycles. The van der Waals surface area contributed by atoms with Gasteiger partial charge in [0.05, 0.1) is 18.8 Å². The molecule has 1 unspecified atom stereocenters. The number of hydrogen-bond donors (Lipinski definition) is 2. The summed E-state index contributed by atoms with van der Waals surface area (Å²) >= 11 is 1.63. The number of aromatic nitrogens is 1. The van der Waals surface area contributed by atoms with E-state index in [-0.39, 0.29) is 17.7 Å². The van der Waals surface area contributed by atoms with E-state index in [2.05, 4.69) is 39.8 Å². The predicted molar refractivity (Wildman–Crippen MR) is 106 cm³/mol. The molecule has 0 spiro atoms. The van der Waals surface area contributed by atoms with Crippen LogP contribution in [0.3, 0.4) is 0 Å². The summed E-state index contributed by atoms with van der Waals surface area (Å²) in [5, 5.41) is 9.50. The van der Waals surface area contributed by atoms with Crippen molar-refractivity contribution >= 4 is 17.3 Å². The zero-order valence-corrected chi connectivity index (χ0v) is 16.6. The number of benzene rings is 1. The number of rotatable bonds is 8. The lowest BCUT2D eigenvalue weighted by molar-refractivity contribution is 0.214. The predicted octanol–water partition coefficient (Wildman–Crippen LogP) is 3.93. The number of nitrogens with one attached hydrogen (secondary N) is 2. The Hall–Kier alpha value is -2.15. The van der Waals surface area contributed by atoms with Crippen molar-refractivity contribution < 1.29 is 9.13 Å². The van der Waals surface area contributed by atoms with Crippen LogP contribution in [0.25, 0.3) is 0 Å². The molecule has 2 aromatic rings. The second-order valence-electron chi connectivity index (χ2n) is 6.26. The fourth-order valence-electron chi connectivity index (χ4n) is 2.19. The molecule has 5 nitrogen and oxygen atoms in total. The maximum absolute atomic E-state index is 13.6. The highest BCUT2D eigenvalue weighted by Gasteiger charge is 2.09. The minimum atomic E-state index is -0.357. The third kappa shape index (κ3) is 6.29. The van der Waals surface area contributed by atoms with E-state index >= 15 is 0 Å². The second-order valence-corrected chi connectivity index (χ2v) is 7.20. The van der Waals surface area contributed by atoms with E-state index in [9.17, 15) is 4.39 Å². The highest BCUT2D eigenvalue weighted by molar-refractivity contribution is 7.09. The van der Waals surface area contributed by atoms with Gasteiger partial charge in [-0.15, -0.1) is 11.3 Å². The van der Waals surface area contributed by atoms with E-state index in [0.717, 1.165) is 17.2 Å². The Labute approximate surface area is 158 Å². The molecule has 7 heteroatoms. The molecule has 0 fully saturated rings. The monoisotopic (exact) mass is 378 g/mol. The molecule has 0 saturated heterocycles. The molecule has 1 atom stereocenters. The molecule has 0 radical (unpaired) electrons. The Balaban J connectivity index is 1.89. The Morgan fingerprint density at radius 1 is 1.27 bits per heavy atom. The number of para-hydroxylation sites is 1. The normalized spacial score (nSPS) is 12.9. The first kappa shape index (κ1) is 20.2. The number of halogens is 1. The van der Waals surface area contributed by atoms with Crippen molar-refractivity contribution in [3.63, 3.8) is 0 Å². The van der Waals surface area contributed by atoms with E-state index < -0.39 is 0 Å². The third-order valence-electron chi connectivity index (χ3n) is 3.60. The van der Waals surface area contributed by atoms with Crippen molar-refractivity contribution in [3.8, 4) is 5.75 Å². The lowest BCUT2D eigenvalue weighted by Crippen LogP contribution is -2.41. The number of aliphatic imine (C=N–C) groups is 1. The van der Waals surface area contributed by atoms with Crippen molar-refractivity contribution in [1.29, 1.82) is 0 Å². The van der Waals surface area contributed by atoms with E-state index in [4.69, 9.17) is 4.74 Å². The lowest BCUT2D eigenvalue weighted by atomic mass is 10.2. The number of guanidine groups is 1. The smallest absolute Gasteiger partial charge is 0.191 e. The fourth-order valence-corrected chi connectivity index (χ4v) is 3.07. The van der Waals surface area contributed by atoms with Gasteiger partial charge in [-0.3, -0.25) is 0 Å². The molecule has 1 aromatic heterocycles. The minimum Gasteiger partial charge on any atom is -0.486 e. The van der Waals surface area contributed by atoms with E-state index in [1.807, 2.05) is 13.8 Å².